The largest absolute Gasteiger partial charge is 0.492 e. The van der Waals surface area contributed by atoms with Gasteiger partial charge < -0.3 is 34.3 Å². The van der Waals surface area contributed by atoms with E-state index in [0.29, 0.717) is 22.9 Å². The number of amides is 2. The Bertz CT molecular complexity index is 1270. The van der Waals surface area contributed by atoms with E-state index >= 15 is 0 Å². The Balaban J connectivity index is 1.54. The number of ether oxygens (including phenoxy) is 4. The van der Waals surface area contributed by atoms with Crippen LogP contribution in [0.5, 0.6) is 17.2 Å². The molecule has 0 saturated carbocycles. The molecule has 0 bridgehead atoms. The Morgan fingerprint density at radius 1 is 0.864 bits per heavy atom. The first kappa shape index (κ1) is 34.2. The van der Waals surface area contributed by atoms with Crippen molar-refractivity contribution in [1.82, 2.24) is 4.90 Å². The predicted octanol–water partition coefficient (Wildman–Crippen LogP) is 6.78. The van der Waals surface area contributed by atoms with Crippen LogP contribution in [0, 0.1) is 0 Å². The Labute approximate surface area is 254 Å². The Morgan fingerprint density at radius 2 is 1.50 bits per heavy atom. The molecule has 1 atom stereocenters. The maximum Gasteiger partial charge on any atom is 0.389 e. The summed E-state index contributed by atoms with van der Waals surface area (Å²) < 4.78 is 59.3. The molecule has 12 heteroatoms. The molecule has 0 fully saturated rings. The van der Waals surface area contributed by atoms with Gasteiger partial charge in [-0.3, -0.25) is 0 Å². The van der Waals surface area contributed by atoms with E-state index in [-0.39, 0.29) is 52.4 Å². The van der Waals surface area contributed by atoms with Crippen LogP contribution in [-0.4, -0.2) is 73.8 Å². The second-order valence-corrected chi connectivity index (χ2v) is 9.67. The van der Waals surface area contributed by atoms with Crippen LogP contribution >= 0.6 is 0 Å². The summed E-state index contributed by atoms with van der Waals surface area (Å²) in [6.45, 7) is 2.41. The fraction of sp³-hybridized carbons (Fsp3) is 0.375. The molecule has 1 unspecified atom stereocenters. The fourth-order valence-corrected chi connectivity index (χ4v) is 4.03. The van der Waals surface area contributed by atoms with Crippen molar-refractivity contribution in [2.75, 3.05) is 44.8 Å². The van der Waals surface area contributed by atoms with Crippen LogP contribution < -0.4 is 14.8 Å². The third-order valence-corrected chi connectivity index (χ3v) is 6.24. The average Bonchev–Trinajstić information content (AvgIpc) is 2.99. The van der Waals surface area contributed by atoms with E-state index in [1.165, 1.54) is 4.90 Å². The first-order valence-corrected chi connectivity index (χ1v) is 14.2. The number of anilines is 1. The highest BCUT2D eigenvalue weighted by Gasteiger charge is 2.26. The minimum absolute atomic E-state index is 0.0500. The zero-order valence-corrected chi connectivity index (χ0v) is 24.4. The molecule has 0 aliphatic heterocycles. The third-order valence-electron chi connectivity index (χ3n) is 6.24. The molecular formula is C32H37F3N2O7. The van der Waals surface area contributed by atoms with E-state index < -0.39 is 30.7 Å². The monoisotopic (exact) mass is 618 g/mol. The first-order chi connectivity index (χ1) is 21.1. The number of hydrogen-bond donors (Lipinski definition) is 2. The molecule has 0 radical (unpaired) electrons. The lowest BCUT2D eigenvalue weighted by molar-refractivity contribution is -0.150. The van der Waals surface area contributed by atoms with Gasteiger partial charge in [0.25, 0.3) is 0 Å². The molecular weight excluding hydrogens is 581 g/mol. The van der Waals surface area contributed by atoms with Gasteiger partial charge in [0.2, 0.25) is 0 Å². The smallest absolute Gasteiger partial charge is 0.389 e. The second-order valence-electron chi connectivity index (χ2n) is 9.67. The second kappa shape index (κ2) is 17.7. The van der Waals surface area contributed by atoms with Crippen molar-refractivity contribution in [1.29, 1.82) is 0 Å². The summed E-state index contributed by atoms with van der Waals surface area (Å²) in [6, 6.07) is 22.5. The van der Waals surface area contributed by atoms with Gasteiger partial charge in [-0.15, -0.1) is 0 Å². The number of halogens is 3. The number of nitrogens with zero attached hydrogens (tertiary/aromatic N) is 1. The van der Waals surface area contributed by atoms with Gasteiger partial charge in [0.1, 0.15) is 23.9 Å². The lowest BCUT2D eigenvalue weighted by atomic mass is 10.1. The fourth-order valence-electron chi connectivity index (χ4n) is 4.03. The molecule has 2 amide bonds. The molecule has 3 aromatic rings. The van der Waals surface area contributed by atoms with Crippen molar-refractivity contribution in [3.8, 4) is 17.2 Å². The number of benzene rings is 3. The number of carboxylic acids is 1. The third kappa shape index (κ3) is 12.9. The van der Waals surface area contributed by atoms with Crippen LogP contribution in [0.3, 0.4) is 0 Å². The molecule has 238 valence electrons. The number of urea groups is 1. The molecule has 3 aromatic carbocycles. The highest BCUT2D eigenvalue weighted by molar-refractivity contribution is 5.89. The maximum atomic E-state index is 13.1. The highest BCUT2D eigenvalue weighted by Crippen LogP contribution is 2.23. The molecule has 0 heterocycles. The van der Waals surface area contributed by atoms with Gasteiger partial charge in [-0.25, -0.2) is 9.59 Å². The summed E-state index contributed by atoms with van der Waals surface area (Å²) in [7, 11) is 0. The minimum atomic E-state index is -4.24. The topological polar surface area (TPSA) is 107 Å². The number of para-hydroxylation sites is 1. The zero-order valence-electron chi connectivity index (χ0n) is 24.4. The van der Waals surface area contributed by atoms with Gasteiger partial charge in [-0.1, -0.05) is 30.3 Å². The van der Waals surface area contributed by atoms with Crippen molar-refractivity contribution in [2.24, 2.45) is 0 Å². The summed E-state index contributed by atoms with van der Waals surface area (Å²) in [5.74, 6) is 0.755. The van der Waals surface area contributed by atoms with Crippen LogP contribution in [0.4, 0.5) is 23.7 Å². The van der Waals surface area contributed by atoms with E-state index in [2.05, 4.69) is 5.32 Å². The molecule has 2 N–H and O–H groups in total. The summed E-state index contributed by atoms with van der Waals surface area (Å²) in [4.78, 5) is 25.9. The molecule has 0 aromatic heterocycles. The summed E-state index contributed by atoms with van der Waals surface area (Å²) in [5, 5.41) is 12.1. The number of hydrogen-bond acceptors (Lipinski definition) is 6. The van der Waals surface area contributed by atoms with Crippen molar-refractivity contribution >= 4 is 17.7 Å². The van der Waals surface area contributed by atoms with E-state index in [0.717, 1.165) is 5.56 Å². The number of aliphatic carboxylic acids is 1. The molecule has 9 nitrogen and oxygen atoms in total. The van der Waals surface area contributed by atoms with E-state index in [4.69, 9.17) is 18.9 Å². The van der Waals surface area contributed by atoms with Crippen LogP contribution in [0.2, 0.25) is 0 Å². The zero-order chi connectivity index (χ0) is 31.8. The summed E-state index contributed by atoms with van der Waals surface area (Å²) >= 11 is 0. The van der Waals surface area contributed by atoms with Gasteiger partial charge in [0.15, 0.2) is 6.10 Å². The molecule has 44 heavy (non-hydrogen) atoms. The number of alkyl halides is 3. The van der Waals surface area contributed by atoms with E-state index in [1.807, 2.05) is 30.3 Å². The Morgan fingerprint density at radius 3 is 2.14 bits per heavy atom. The van der Waals surface area contributed by atoms with Gasteiger partial charge in [0, 0.05) is 38.3 Å². The number of carboxylic acid groups (broad SMARTS) is 1. The highest BCUT2D eigenvalue weighted by atomic mass is 19.4. The minimum Gasteiger partial charge on any atom is -0.492 e. The summed E-state index contributed by atoms with van der Waals surface area (Å²) in [5.41, 5.74) is 1.29. The predicted molar refractivity (Wildman–Crippen MR) is 158 cm³/mol. The first-order valence-electron chi connectivity index (χ1n) is 14.2. The van der Waals surface area contributed by atoms with Crippen molar-refractivity contribution < 1.29 is 46.8 Å². The maximum absolute atomic E-state index is 13.1. The lowest BCUT2D eigenvalue weighted by Crippen LogP contribution is -2.40. The van der Waals surface area contributed by atoms with Gasteiger partial charge in [-0.05, 0) is 67.4 Å². The van der Waals surface area contributed by atoms with Crippen LogP contribution in [-0.2, 0) is 20.7 Å². The Hall–Kier alpha value is -4.29. The summed E-state index contributed by atoms with van der Waals surface area (Å²) in [6.07, 6.45) is -6.07. The van der Waals surface area contributed by atoms with Crippen LogP contribution in [0.25, 0.3) is 0 Å². The number of nitrogens with one attached hydrogen (secondary N) is 1. The lowest BCUT2D eigenvalue weighted by Gasteiger charge is -2.23. The normalized spacial score (nSPS) is 11.9. The SMILES string of the molecule is CCOC(Cc1ccc(OCCN(CCOCCCC(F)(F)F)C(=O)Nc2ccc(Oc3ccccc3)cc2)cc1)C(=O)O. The standard InChI is InChI=1S/C32H37F3N2O7/c1-2-42-29(30(38)39)23-24-9-13-26(14-10-24)43-22-19-37(18-21-41-20-6-17-32(33,34)35)31(40)36-25-11-15-28(16-12-25)44-27-7-4-3-5-8-27/h3-5,7-16,29H,2,6,17-23H2,1H3,(H,36,40)(H,38,39). The Kier molecular flexibility index (Phi) is 13.8. The number of rotatable bonds is 18. The molecule has 0 aliphatic carbocycles. The van der Waals surface area contributed by atoms with Gasteiger partial charge in [-0.2, -0.15) is 13.2 Å². The van der Waals surface area contributed by atoms with Crippen LogP contribution in [0.15, 0.2) is 78.9 Å². The molecule has 0 spiro atoms. The van der Waals surface area contributed by atoms with Crippen LogP contribution in [0.1, 0.15) is 25.3 Å². The number of carbonyl (C=O) groups is 2. The number of carbonyl (C=O) groups excluding carboxylic acids is 1. The quantitative estimate of drug-likeness (QED) is 0.151. The average molecular weight is 619 g/mol. The molecule has 3 rings (SSSR count). The molecule has 0 aliphatic rings. The van der Waals surface area contributed by atoms with Crippen molar-refractivity contribution in [3.05, 3.63) is 84.4 Å². The van der Waals surface area contributed by atoms with E-state index in [1.54, 1.807) is 55.5 Å². The van der Waals surface area contributed by atoms with Crippen molar-refractivity contribution in [3.63, 3.8) is 0 Å². The van der Waals surface area contributed by atoms with Crippen molar-refractivity contribution in [2.45, 2.75) is 38.5 Å². The van der Waals surface area contributed by atoms with Gasteiger partial charge >= 0.3 is 18.2 Å². The van der Waals surface area contributed by atoms with Gasteiger partial charge in [0.05, 0.1) is 13.2 Å². The molecule has 0 saturated heterocycles. The van der Waals surface area contributed by atoms with E-state index in [9.17, 15) is 27.9 Å².